The number of carbonyl (C=O) groups is 1. The lowest BCUT2D eigenvalue weighted by atomic mass is 9.97. The molecular formula is C16H23FN2O2. The molecule has 1 saturated heterocycles. The van der Waals surface area contributed by atoms with Gasteiger partial charge in [-0.05, 0) is 76.4 Å². The Balaban J connectivity index is 2.08. The lowest BCUT2D eigenvalue weighted by Gasteiger charge is -2.21. The molecule has 0 bridgehead atoms. The Hall–Kier alpha value is -1.62. The molecule has 1 heterocycles. The van der Waals surface area contributed by atoms with Gasteiger partial charge in [0.2, 0.25) is 0 Å². The number of carbonyl (C=O) groups excluding carboxylic acids is 1. The van der Waals surface area contributed by atoms with Crippen molar-refractivity contribution in [3.63, 3.8) is 0 Å². The van der Waals surface area contributed by atoms with Crippen LogP contribution in [0.5, 0.6) is 0 Å². The quantitative estimate of drug-likeness (QED) is 0.899. The first-order chi connectivity index (χ1) is 9.83. The second kappa shape index (κ2) is 6.43. The monoisotopic (exact) mass is 294 g/mol. The van der Waals surface area contributed by atoms with Crippen LogP contribution < -0.4 is 10.6 Å². The first kappa shape index (κ1) is 15.8. The van der Waals surface area contributed by atoms with Crippen LogP contribution in [0.2, 0.25) is 0 Å². The molecule has 21 heavy (non-hydrogen) atoms. The third-order valence-corrected chi connectivity index (χ3v) is 3.37. The minimum atomic E-state index is -0.556. The van der Waals surface area contributed by atoms with Crippen molar-refractivity contribution in [3.05, 3.63) is 29.6 Å². The van der Waals surface area contributed by atoms with Gasteiger partial charge in [0.25, 0.3) is 0 Å². The Morgan fingerprint density at radius 2 is 2.24 bits per heavy atom. The maximum Gasteiger partial charge on any atom is 0.412 e. The molecule has 0 spiro atoms. The number of benzene rings is 1. The number of halogens is 1. The summed E-state index contributed by atoms with van der Waals surface area (Å²) in [5.41, 5.74) is 0.881. The molecule has 0 radical (unpaired) electrons. The predicted molar refractivity (Wildman–Crippen MR) is 80.9 cm³/mol. The Bertz CT molecular complexity index is 505. The summed E-state index contributed by atoms with van der Waals surface area (Å²) in [6, 6.07) is 4.44. The van der Waals surface area contributed by atoms with Crippen molar-refractivity contribution in [2.75, 3.05) is 18.4 Å². The second-order valence-electron chi connectivity index (χ2n) is 6.49. The van der Waals surface area contributed by atoms with E-state index in [-0.39, 0.29) is 5.82 Å². The van der Waals surface area contributed by atoms with Crippen LogP contribution in [0.25, 0.3) is 0 Å². The highest BCUT2D eigenvalue weighted by Crippen LogP contribution is 2.24. The molecule has 1 aliphatic rings. The van der Waals surface area contributed by atoms with E-state index in [1.807, 2.05) is 20.8 Å². The number of nitrogens with one attached hydrogen (secondary N) is 2. The molecule has 1 aliphatic heterocycles. The average Bonchev–Trinajstić information content (AvgIpc) is 2.83. The van der Waals surface area contributed by atoms with Crippen molar-refractivity contribution < 1.29 is 13.9 Å². The lowest BCUT2D eigenvalue weighted by molar-refractivity contribution is 0.0635. The molecule has 1 amide bonds. The molecule has 2 rings (SSSR count). The Morgan fingerprint density at radius 1 is 1.48 bits per heavy atom. The van der Waals surface area contributed by atoms with E-state index in [9.17, 15) is 9.18 Å². The zero-order valence-corrected chi connectivity index (χ0v) is 12.8. The Kier molecular flexibility index (Phi) is 4.83. The van der Waals surface area contributed by atoms with Gasteiger partial charge < -0.3 is 10.1 Å². The number of hydrogen-bond acceptors (Lipinski definition) is 3. The normalized spacial score (nSPS) is 18.6. The van der Waals surface area contributed by atoms with Crippen molar-refractivity contribution in [2.45, 2.75) is 39.2 Å². The van der Waals surface area contributed by atoms with E-state index in [4.69, 9.17) is 4.74 Å². The minimum Gasteiger partial charge on any atom is -0.444 e. The van der Waals surface area contributed by atoms with Gasteiger partial charge in [0.1, 0.15) is 11.4 Å². The number of hydrogen-bond donors (Lipinski definition) is 2. The Morgan fingerprint density at radius 3 is 2.86 bits per heavy atom. The SMILES string of the molecule is CC(C)(C)OC(=O)Nc1ccc(F)cc1CC1CCNC1. The molecule has 1 unspecified atom stereocenters. The summed E-state index contributed by atoms with van der Waals surface area (Å²) in [7, 11) is 0. The van der Waals surface area contributed by atoms with Gasteiger partial charge in [0.15, 0.2) is 0 Å². The highest BCUT2D eigenvalue weighted by atomic mass is 19.1. The van der Waals surface area contributed by atoms with Crippen molar-refractivity contribution in [2.24, 2.45) is 5.92 Å². The fraction of sp³-hybridized carbons (Fsp3) is 0.562. The molecule has 1 fully saturated rings. The maximum atomic E-state index is 13.5. The van der Waals surface area contributed by atoms with Crippen LogP contribution >= 0.6 is 0 Å². The van der Waals surface area contributed by atoms with Crippen molar-refractivity contribution in [1.29, 1.82) is 0 Å². The van der Waals surface area contributed by atoms with Crippen LogP contribution in [0.15, 0.2) is 18.2 Å². The maximum absolute atomic E-state index is 13.5. The minimum absolute atomic E-state index is 0.286. The first-order valence-corrected chi connectivity index (χ1v) is 7.32. The number of ether oxygens (including phenoxy) is 1. The molecule has 4 nitrogen and oxygen atoms in total. The van der Waals surface area contributed by atoms with Gasteiger partial charge in [-0.3, -0.25) is 5.32 Å². The van der Waals surface area contributed by atoms with Crippen molar-refractivity contribution in [1.82, 2.24) is 5.32 Å². The molecule has 5 heteroatoms. The van der Waals surface area contributed by atoms with Gasteiger partial charge in [-0.15, -0.1) is 0 Å². The molecule has 0 saturated carbocycles. The largest absolute Gasteiger partial charge is 0.444 e. The summed E-state index contributed by atoms with van der Waals surface area (Å²) in [6.45, 7) is 7.35. The van der Waals surface area contributed by atoms with E-state index in [1.54, 1.807) is 6.07 Å². The summed E-state index contributed by atoms with van der Waals surface area (Å²) in [5, 5.41) is 6.01. The van der Waals surface area contributed by atoms with Crippen LogP contribution in [0.3, 0.4) is 0 Å². The summed E-state index contributed by atoms with van der Waals surface area (Å²) >= 11 is 0. The van der Waals surface area contributed by atoms with Crippen LogP contribution in [0, 0.1) is 11.7 Å². The third kappa shape index (κ3) is 5.01. The topological polar surface area (TPSA) is 50.4 Å². The molecule has 116 valence electrons. The van der Waals surface area contributed by atoms with Crippen LogP contribution in [0.4, 0.5) is 14.9 Å². The summed E-state index contributed by atoms with van der Waals surface area (Å²) in [4.78, 5) is 11.9. The molecule has 2 N–H and O–H groups in total. The zero-order valence-electron chi connectivity index (χ0n) is 12.8. The Labute approximate surface area is 125 Å². The second-order valence-corrected chi connectivity index (χ2v) is 6.49. The van der Waals surface area contributed by atoms with E-state index in [1.165, 1.54) is 12.1 Å². The van der Waals surface area contributed by atoms with Crippen molar-refractivity contribution in [3.8, 4) is 0 Å². The number of amides is 1. The van der Waals surface area contributed by atoms with E-state index in [0.29, 0.717) is 11.6 Å². The number of anilines is 1. The highest BCUT2D eigenvalue weighted by Gasteiger charge is 2.20. The molecule has 1 aromatic carbocycles. The van der Waals surface area contributed by atoms with E-state index < -0.39 is 11.7 Å². The zero-order chi connectivity index (χ0) is 15.5. The van der Waals surface area contributed by atoms with Gasteiger partial charge in [-0.25, -0.2) is 9.18 Å². The standard InChI is InChI=1S/C16H23FN2O2/c1-16(2,3)21-15(20)19-14-5-4-13(17)9-12(14)8-11-6-7-18-10-11/h4-5,9,11,18H,6-8,10H2,1-3H3,(H,19,20). The molecule has 0 aromatic heterocycles. The fourth-order valence-electron chi connectivity index (χ4n) is 2.47. The van der Waals surface area contributed by atoms with Gasteiger partial charge in [0.05, 0.1) is 0 Å². The van der Waals surface area contributed by atoms with Crippen LogP contribution in [-0.2, 0) is 11.2 Å². The third-order valence-electron chi connectivity index (χ3n) is 3.37. The fourth-order valence-corrected chi connectivity index (χ4v) is 2.47. The lowest BCUT2D eigenvalue weighted by Crippen LogP contribution is -2.27. The summed E-state index contributed by atoms with van der Waals surface area (Å²) in [5.74, 6) is 0.191. The van der Waals surface area contributed by atoms with Gasteiger partial charge in [-0.2, -0.15) is 0 Å². The predicted octanol–water partition coefficient (Wildman–Crippen LogP) is 3.32. The summed E-state index contributed by atoms with van der Waals surface area (Å²) < 4.78 is 18.7. The van der Waals surface area contributed by atoms with Gasteiger partial charge >= 0.3 is 6.09 Å². The smallest absolute Gasteiger partial charge is 0.412 e. The van der Waals surface area contributed by atoms with Gasteiger partial charge in [-0.1, -0.05) is 0 Å². The van der Waals surface area contributed by atoms with E-state index in [0.717, 1.165) is 31.5 Å². The average molecular weight is 294 g/mol. The molecule has 1 aromatic rings. The van der Waals surface area contributed by atoms with Crippen LogP contribution in [0.1, 0.15) is 32.8 Å². The molecule has 1 atom stereocenters. The highest BCUT2D eigenvalue weighted by molar-refractivity contribution is 5.85. The van der Waals surface area contributed by atoms with E-state index >= 15 is 0 Å². The molecule has 0 aliphatic carbocycles. The van der Waals surface area contributed by atoms with Crippen LogP contribution in [-0.4, -0.2) is 24.8 Å². The summed E-state index contributed by atoms with van der Waals surface area (Å²) in [6.07, 6.45) is 1.30. The van der Waals surface area contributed by atoms with Gasteiger partial charge in [0, 0.05) is 5.69 Å². The molecular weight excluding hydrogens is 271 g/mol. The van der Waals surface area contributed by atoms with Crippen molar-refractivity contribution >= 4 is 11.8 Å². The number of rotatable bonds is 3. The van der Waals surface area contributed by atoms with E-state index in [2.05, 4.69) is 10.6 Å². The first-order valence-electron chi connectivity index (χ1n) is 7.32.